The molecule has 3 aromatic rings. The van der Waals surface area contributed by atoms with Crippen LogP contribution in [0.3, 0.4) is 0 Å². The van der Waals surface area contributed by atoms with Crippen LogP contribution in [-0.4, -0.2) is 28.5 Å². The highest BCUT2D eigenvalue weighted by Crippen LogP contribution is 2.44. The second kappa shape index (κ2) is 7.93. The normalized spacial score (nSPS) is 18.6. The molecule has 2 aromatic carbocycles. The smallest absolute Gasteiger partial charge is 0.230 e. The maximum absolute atomic E-state index is 14.2. The quantitative estimate of drug-likeness (QED) is 0.639. The second-order valence-corrected chi connectivity index (χ2v) is 8.60. The zero-order valence-corrected chi connectivity index (χ0v) is 17.5. The first-order chi connectivity index (χ1) is 15.0. The van der Waals surface area contributed by atoms with Crippen molar-refractivity contribution in [3.8, 4) is 16.9 Å². The van der Waals surface area contributed by atoms with Crippen LogP contribution < -0.4 is 10.1 Å². The third-order valence-electron chi connectivity index (χ3n) is 6.26. The van der Waals surface area contributed by atoms with Gasteiger partial charge in [-0.1, -0.05) is 30.2 Å². The van der Waals surface area contributed by atoms with E-state index >= 15 is 0 Å². The van der Waals surface area contributed by atoms with Crippen LogP contribution in [0.1, 0.15) is 30.4 Å². The van der Waals surface area contributed by atoms with Gasteiger partial charge in [-0.3, -0.25) is 4.79 Å². The maximum atomic E-state index is 14.2. The summed E-state index contributed by atoms with van der Waals surface area (Å²) < 4.78 is 20.3. The van der Waals surface area contributed by atoms with Crippen molar-refractivity contribution in [3.63, 3.8) is 0 Å². The number of halogens is 2. The summed E-state index contributed by atoms with van der Waals surface area (Å²) >= 11 is 6.01. The van der Waals surface area contributed by atoms with E-state index in [2.05, 4.69) is 15.3 Å². The third-order valence-corrected chi connectivity index (χ3v) is 6.52. The number of hydrogen-bond donors (Lipinski definition) is 1. The number of aromatic nitrogens is 2. The Balaban J connectivity index is 1.30. The number of benzene rings is 2. The van der Waals surface area contributed by atoms with Crippen molar-refractivity contribution in [2.75, 3.05) is 6.54 Å². The van der Waals surface area contributed by atoms with Gasteiger partial charge in [0.05, 0.1) is 12.0 Å². The van der Waals surface area contributed by atoms with E-state index < -0.39 is 5.41 Å². The van der Waals surface area contributed by atoms with Crippen LogP contribution in [0.5, 0.6) is 5.75 Å². The summed E-state index contributed by atoms with van der Waals surface area (Å²) in [5, 5.41) is 3.73. The average Bonchev–Trinajstić information content (AvgIpc) is 3.15. The molecule has 1 saturated carbocycles. The van der Waals surface area contributed by atoms with Gasteiger partial charge < -0.3 is 10.1 Å². The second-order valence-electron chi connectivity index (χ2n) is 8.17. The van der Waals surface area contributed by atoms with Crippen molar-refractivity contribution in [2.24, 2.45) is 0 Å². The van der Waals surface area contributed by atoms with Crippen molar-refractivity contribution in [1.29, 1.82) is 0 Å². The molecule has 1 N–H and O–H groups in total. The topological polar surface area (TPSA) is 64.1 Å². The summed E-state index contributed by atoms with van der Waals surface area (Å²) in [7, 11) is 0. The first kappa shape index (κ1) is 19.9. The summed E-state index contributed by atoms with van der Waals surface area (Å²) in [6.07, 6.45) is 7.61. The van der Waals surface area contributed by atoms with E-state index in [4.69, 9.17) is 16.3 Å². The highest BCUT2D eigenvalue weighted by atomic mass is 35.5. The molecule has 1 amide bonds. The molecule has 0 spiro atoms. The number of nitrogens with one attached hydrogen (secondary N) is 1. The maximum Gasteiger partial charge on any atom is 0.230 e. The summed E-state index contributed by atoms with van der Waals surface area (Å²) in [6, 6.07) is 10.4. The number of rotatable bonds is 5. The van der Waals surface area contributed by atoms with Gasteiger partial charge in [-0.15, -0.1) is 0 Å². The molecular weight excluding hydrogens is 417 g/mol. The van der Waals surface area contributed by atoms with E-state index in [1.165, 1.54) is 18.5 Å². The molecule has 1 atom stereocenters. The molecule has 1 fully saturated rings. The summed E-state index contributed by atoms with van der Waals surface area (Å²) in [4.78, 5) is 21.2. The highest BCUT2D eigenvalue weighted by Gasteiger charge is 2.45. The van der Waals surface area contributed by atoms with Crippen molar-refractivity contribution >= 4 is 17.5 Å². The fraction of sp³-hybridized carbons (Fsp3) is 0.292. The molecular formula is C24H21ClFN3O2. The Hall–Kier alpha value is -2.99. The fourth-order valence-electron chi connectivity index (χ4n) is 4.48. The number of hydrogen-bond acceptors (Lipinski definition) is 4. The van der Waals surface area contributed by atoms with Crippen LogP contribution in [0.15, 0.2) is 55.1 Å². The van der Waals surface area contributed by atoms with Crippen LogP contribution >= 0.6 is 11.6 Å². The molecule has 0 bridgehead atoms. The minimum Gasteiger partial charge on any atom is -0.487 e. The van der Waals surface area contributed by atoms with Crippen LogP contribution in [0.2, 0.25) is 5.02 Å². The predicted octanol–water partition coefficient (Wildman–Crippen LogP) is 4.48. The highest BCUT2D eigenvalue weighted by molar-refractivity contribution is 6.30. The molecule has 0 radical (unpaired) electrons. The minimum absolute atomic E-state index is 0.00323. The van der Waals surface area contributed by atoms with E-state index in [0.29, 0.717) is 34.9 Å². The largest absolute Gasteiger partial charge is 0.487 e. The Kier molecular flexibility index (Phi) is 5.10. The van der Waals surface area contributed by atoms with E-state index in [9.17, 15) is 9.18 Å². The monoisotopic (exact) mass is 437 g/mol. The van der Waals surface area contributed by atoms with Gasteiger partial charge in [0.2, 0.25) is 5.91 Å². The standard InChI is InChI=1S/C24H21ClFN3O2/c25-18-4-2-17(3-5-18)24(6-1-7-24)23(30)29-13-20-9-15-8-19(26)10-21(22(15)31-20)16-11-27-14-28-12-16/h2-5,8,10-12,14,20H,1,6-7,9,13H2,(H,29,30). The number of carbonyl (C=O) groups excluding carboxylic acids is 1. The third kappa shape index (κ3) is 3.65. The van der Waals surface area contributed by atoms with E-state index in [-0.39, 0.29) is 17.8 Å². The molecule has 7 heteroatoms. The molecule has 1 aliphatic heterocycles. The molecule has 158 valence electrons. The number of amides is 1. The summed E-state index contributed by atoms with van der Waals surface area (Å²) in [5.74, 6) is 0.303. The molecule has 5 rings (SSSR count). The molecule has 1 aromatic heterocycles. The van der Waals surface area contributed by atoms with E-state index in [0.717, 1.165) is 30.4 Å². The van der Waals surface area contributed by atoms with Crippen LogP contribution in [0, 0.1) is 5.82 Å². The summed E-state index contributed by atoms with van der Waals surface area (Å²) in [5.41, 5.74) is 2.59. The Morgan fingerprint density at radius 2 is 1.94 bits per heavy atom. The van der Waals surface area contributed by atoms with Crippen LogP contribution in [0.4, 0.5) is 4.39 Å². The zero-order chi connectivity index (χ0) is 21.4. The van der Waals surface area contributed by atoms with E-state index in [1.54, 1.807) is 12.4 Å². The lowest BCUT2D eigenvalue weighted by molar-refractivity contribution is -0.130. The first-order valence-corrected chi connectivity index (χ1v) is 10.7. The molecule has 5 nitrogen and oxygen atoms in total. The molecule has 1 unspecified atom stereocenters. The van der Waals surface area contributed by atoms with Gasteiger partial charge >= 0.3 is 0 Å². The lowest BCUT2D eigenvalue weighted by Gasteiger charge is -2.41. The van der Waals surface area contributed by atoms with Crippen LogP contribution in [0.25, 0.3) is 11.1 Å². The number of fused-ring (bicyclic) bond motifs is 1. The first-order valence-electron chi connectivity index (χ1n) is 10.3. The van der Waals surface area contributed by atoms with Crippen molar-refractivity contribution < 1.29 is 13.9 Å². The van der Waals surface area contributed by atoms with Crippen molar-refractivity contribution in [1.82, 2.24) is 15.3 Å². The van der Waals surface area contributed by atoms with Crippen molar-refractivity contribution in [2.45, 2.75) is 37.2 Å². The van der Waals surface area contributed by atoms with Gasteiger partial charge in [0.25, 0.3) is 0 Å². The molecule has 1 aliphatic carbocycles. The van der Waals surface area contributed by atoms with Gasteiger partial charge in [-0.2, -0.15) is 0 Å². The Bertz CT molecular complexity index is 1120. The SMILES string of the molecule is O=C(NCC1Cc2cc(F)cc(-c3cncnc3)c2O1)C1(c2ccc(Cl)cc2)CCC1. The Morgan fingerprint density at radius 1 is 1.19 bits per heavy atom. The Morgan fingerprint density at radius 3 is 2.61 bits per heavy atom. The van der Waals surface area contributed by atoms with Crippen LogP contribution in [-0.2, 0) is 16.6 Å². The van der Waals surface area contributed by atoms with Crippen molar-refractivity contribution in [3.05, 3.63) is 77.1 Å². The van der Waals surface area contributed by atoms with Gasteiger partial charge in [0.1, 0.15) is 24.0 Å². The zero-order valence-electron chi connectivity index (χ0n) is 16.8. The van der Waals surface area contributed by atoms with Gasteiger partial charge in [0.15, 0.2) is 0 Å². The lowest BCUT2D eigenvalue weighted by Crippen LogP contribution is -2.51. The minimum atomic E-state index is -0.505. The number of ether oxygens (including phenoxy) is 1. The van der Waals surface area contributed by atoms with Gasteiger partial charge in [-0.05, 0) is 42.7 Å². The number of carbonyl (C=O) groups is 1. The molecule has 31 heavy (non-hydrogen) atoms. The van der Waals surface area contributed by atoms with E-state index in [1.807, 2.05) is 24.3 Å². The van der Waals surface area contributed by atoms with Gasteiger partial charge in [-0.25, -0.2) is 14.4 Å². The van der Waals surface area contributed by atoms with Gasteiger partial charge in [0, 0.05) is 40.5 Å². The lowest BCUT2D eigenvalue weighted by atomic mass is 9.64. The molecule has 2 aliphatic rings. The summed E-state index contributed by atoms with van der Waals surface area (Å²) in [6.45, 7) is 0.356. The predicted molar refractivity (Wildman–Crippen MR) is 116 cm³/mol. The fourth-order valence-corrected chi connectivity index (χ4v) is 4.61. The average molecular weight is 438 g/mol. The Labute approximate surface area is 184 Å². The molecule has 0 saturated heterocycles. The molecule has 2 heterocycles. The number of nitrogens with zero attached hydrogens (tertiary/aromatic N) is 2.